The maximum absolute atomic E-state index is 11.4. The second-order valence-corrected chi connectivity index (χ2v) is 5.87. The second kappa shape index (κ2) is 3.68. The van der Waals surface area contributed by atoms with Gasteiger partial charge >= 0.3 is 5.97 Å². The van der Waals surface area contributed by atoms with E-state index < -0.39 is 0 Å². The molecule has 2 bridgehead atoms. The normalized spacial score (nSPS) is 52.4. The standard InChI is InChI=1S/C13H18O5/c1-15-11(14)4-7-2-3-10-13(18-7)5-8(16-10)12-9(6-13)17-12/h7-10,12H,2-6H2,1H3/t7-,8-,9-,10+,12+,13-/m1/s1. The van der Waals surface area contributed by atoms with E-state index in [0.717, 1.165) is 25.7 Å². The van der Waals surface area contributed by atoms with Crippen LogP contribution >= 0.6 is 0 Å². The summed E-state index contributed by atoms with van der Waals surface area (Å²) >= 11 is 0. The summed E-state index contributed by atoms with van der Waals surface area (Å²) in [4.78, 5) is 11.4. The van der Waals surface area contributed by atoms with Gasteiger partial charge in [-0.25, -0.2) is 0 Å². The average Bonchev–Trinajstić information content (AvgIpc) is 3.04. The molecule has 1 saturated carbocycles. The van der Waals surface area contributed by atoms with Gasteiger partial charge in [-0.1, -0.05) is 0 Å². The van der Waals surface area contributed by atoms with E-state index in [-0.39, 0.29) is 29.9 Å². The number of fused-ring (bicyclic) bond motifs is 3. The zero-order valence-corrected chi connectivity index (χ0v) is 10.5. The molecule has 6 atom stereocenters. The fourth-order valence-corrected chi connectivity index (χ4v) is 3.90. The van der Waals surface area contributed by atoms with Crippen LogP contribution in [0.15, 0.2) is 0 Å². The molecular formula is C13H18O5. The molecule has 0 aromatic heterocycles. The van der Waals surface area contributed by atoms with Crippen molar-refractivity contribution in [2.75, 3.05) is 7.11 Å². The minimum atomic E-state index is -0.195. The number of methoxy groups -OCH3 is 1. The molecule has 1 spiro atoms. The first-order chi connectivity index (χ1) is 8.70. The van der Waals surface area contributed by atoms with E-state index in [1.54, 1.807) is 0 Å². The van der Waals surface area contributed by atoms with Crippen LogP contribution in [0.5, 0.6) is 0 Å². The fourth-order valence-electron chi connectivity index (χ4n) is 3.90. The third-order valence-corrected chi connectivity index (χ3v) is 4.78. The summed E-state index contributed by atoms with van der Waals surface area (Å²) in [6, 6.07) is 0. The summed E-state index contributed by atoms with van der Waals surface area (Å²) in [6.07, 6.45) is 5.10. The number of rotatable bonds is 2. The van der Waals surface area contributed by atoms with Crippen LogP contribution < -0.4 is 0 Å². The van der Waals surface area contributed by atoms with Crippen LogP contribution in [0.2, 0.25) is 0 Å². The lowest BCUT2D eigenvalue weighted by atomic mass is 9.78. The molecule has 18 heavy (non-hydrogen) atoms. The summed E-state index contributed by atoms with van der Waals surface area (Å²) in [5.74, 6) is -0.193. The molecule has 1 aliphatic carbocycles. The topological polar surface area (TPSA) is 57.3 Å². The van der Waals surface area contributed by atoms with E-state index in [0.29, 0.717) is 18.6 Å². The van der Waals surface area contributed by atoms with Crippen LogP contribution in [0.25, 0.3) is 0 Å². The van der Waals surface area contributed by atoms with Crippen molar-refractivity contribution in [2.24, 2.45) is 0 Å². The highest BCUT2D eigenvalue weighted by molar-refractivity contribution is 5.69. The highest BCUT2D eigenvalue weighted by Crippen LogP contribution is 2.55. The first-order valence-corrected chi connectivity index (χ1v) is 6.76. The van der Waals surface area contributed by atoms with Crippen molar-refractivity contribution in [3.8, 4) is 0 Å². The van der Waals surface area contributed by atoms with Crippen molar-refractivity contribution in [2.45, 2.75) is 68.2 Å². The molecule has 4 fully saturated rings. The highest BCUT2D eigenvalue weighted by Gasteiger charge is 2.66. The third kappa shape index (κ3) is 1.54. The average molecular weight is 254 g/mol. The van der Waals surface area contributed by atoms with Gasteiger partial charge in [-0.2, -0.15) is 0 Å². The van der Waals surface area contributed by atoms with Gasteiger partial charge in [0.2, 0.25) is 0 Å². The van der Waals surface area contributed by atoms with Gasteiger partial charge in [-0.3, -0.25) is 4.79 Å². The lowest BCUT2D eigenvalue weighted by Gasteiger charge is -2.42. The van der Waals surface area contributed by atoms with Crippen molar-refractivity contribution in [1.29, 1.82) is 0 Å². The van der Waals surface area contributed by atoms with Crippen molar-refractivity contribution in [3.63, 3.8) is 0 Å². The van der Waals surface area contributed by atoms with Crippen molar-refractivity contribution < 1.29 is 23.7 Å². The summed E-state index contributed by atoms with van der Waals surface area (Å²) in [7, 11) is 1.42. The van der Waals surface area contributed by atoms with Crippen molar-refractivity contribution in [1.82, 2.24) is 0 Å². The number of epoxide rings is 1. The summed E-state index contributed by atoms with van der Waals surface area (Å²) in [5, 5.41) is 0. The number of hydrogen-bond acceptors (Lipinski definition) is 5. The number of esters is 1. The molecular weight excluding hydrogens is 236 g/mol. The molecule has 3 aliphatic heterocycles. The summed E-state index contributed by atoms with van der Waals surface area (Å²) in [5.41, 5.74) is -0.195. The SMILES string of the molecule is COC(=O)C[C@H]1CC[C@@H]2O[C@@H]3C[C@]2(C[C@H]2O[C@H]23)O1. The Balaban J connectivity index is 1.50. The molecule has 0 aromatic rings. The Morgan fingerprint density at radius 2 is 2.06 bits per heavy atom. The number of carbonyl (C=O) groups excluding carboxylic acids is 1. The van der Waals surface area contributed by atoms with Gasteiger partial charge in [0.05, 0.1) is 43.5 Å². The minimum absolute atomic E-state index is 0.0219. The molecule has 3 heterocycles. The van der Waals surface area contributed by atoms with Gasteiger partial charge < -0.3 is 18.9 Å². The Morgan fingerprint density at radius 1 is 1.28 bits per heavy atom. The smallest absolute Gasteiger partial charge is 0.308 e. The quantitative estimate of drug-likeness (QED) is 0.539. The first kappa shape index (κ1) is 11.2. The predicted molar refractivity (Wildman–Crippen MR) is 60.0 cm³/mol. The third-order valence-electron chi connectivity index (χ3n) is 4.78. The molecule has 0 radical (unpaired) electrons. The predicted octanol–water partition coefficient (Wildman–Crippen LogP) is 0.796. The Morgan fingerprint density at radius 3 is 2.83 bits per heavy atom. The van der Waals surface area contributed by atoms with E-state index in [4.69, 9.17) is 18.9 Å². The molecule has 100 valence electrons. The lowest BCUT2D eigenvalue weighted by Crippen LogP contribution is -2.50. The molecule has 0 aromatic carbocycles. The molecule has 4 rings (SSSR count). The largest absolute Gasteiger partial charge is 0.469 e. The Bertz CT molecular complexity index is 380. The van der Waals surface area contributed by atoms with Gasteiger partial charge in [0, 0.05) is 12.8 Å². The molecule has 5 nitrogen and oxygen atoms in total. The molecule has 0 N–H and O–H groups in total. The Hall–Kier alpha value is -0.650. The zero-order chi connectivity index (χ0) is 12.3. The van der Waals surface area contributed by atoms with Crippen LogP contribution in [0.1, 0.15) is 32.1 Å². The molecule has 4 aliphatic rings. The van der Waals surface area contributed by atoms with E-state index in [9.17, 15) is 4.79 Å². The van der Waals surface area contributed by atoms with Gasteiger partial charge in [-0.15, -0.1) is 0 Å². The van der Waals surface area contributed by atoms with Crippen LogP contribution in [-0.2, 0) is 23.7 Å². The molecule has 5 heteroatoms. The van der Waals surface area contributed by atoms with Gasteiger partial charge in [-0.05, 0) is 12.8 Å². The van der Waals surface area contributed by atoms with Crippen molar-refractivity contribution >= 4 is 5.97 Å². The second-order valence-electron chi connectivity index (χ2n) is 5.87. The highest BCUT2D eigenvalue weighted by atomic mass is 16.6. The van der Waals surface area contributed by atoms with E-state index >= 15 is 0 Å². The maximum Gasteiger partial charge on any atom is 0.308 e. The fraction of sp³-hybridized carbons (Fsp3) is 0.923. The van der Waals surface area contributed by atoms with Crippen molar-refractivity contribution in [3.05, 3.63) is 0 Å². The van der Waals surface area contributed by atoms with E-state index in [1.807, 2.05) is 0 Å². The van der Waals surface area contributed by atoms with Crippen LogP contribution in [-0.4, -0.2) is 49.2 Å². The van der Waals surface area contributed by atoms with Gasteiger partial charge in [0.1, 0.15) is 6.10 Å². The number of ether oxygens (including phenoxy) is 4. The van der Waals surface area contributed by atoms with Gasteiger partial charge in [0.15, 0.2) is 0 Å². The van der Waals surface area contributed by atoms with Crippen LogP contribution in [0.3, 0.4) is 0 Å². The Labute approximate surface area is 106 Å². The Kier molecular flexibility index (Phi) is 2.29. The lowest BCUT2D eigenvalue weighted by molar-refractivity contribution is -0.178. The van der Waals surface area contributed by atoms with Crippen LogP contribution in [0.4, 0.5) is 0 Å². The van der Waals surface area contributed by atoms with E-state index in [1.165, 1.54) is 7.11 Å². The maximum atomic E-state index is 11.4. The minimum Gasteiger partial charge on any atom is -0.469 e. The van der Waals surface area contributed by atoms with E-state index in [2.05, 4.69) is 0 Å². The van der Waals surface area contributed by atoms with Gasteiger partial charge in [0.25, 0.3) is 0 Å². The molecule has 3 saturated heterocycles. The number of hydrogen-bond donors (Lipinski definition) is 0. The monoisotopic (exact) mass is 254 g/mol. The zero-order valence-electron chi connectivity index (χ0n) is 10.5. The summed E-state index contributed by atoms with van der Waals surface area (Å²) in [6.45, 7) is 0. The number of carbonyl (C=O) groups is 1. The first-order valence-electron chi connectivity index (χ1n) is 6.76. The summed E-state index contributed by atoms with van der Waals surface area (Å²) < 4.78 is 22.6. The van der Waals surface area contributed by atoms with Crippen LogP contribution in [0, 0.1) is 0 Å². The molecule has 0 amide bonds. The molecule has 0 unspecified atom stereocenters.